The van der Waals surface area contributed by atoms with Gasteiger partial charge in [0.2, 0.25) is 0 Å². The first-order valence-corrected chi connectivity index (χ1v) is 23.7. The van der Waals surface area contributed by atoms with Gasteiger partial charge < -0.3 is 20.1 Å². The summed E-state index contributed by atoms with van der Waals surface area (Å²) in [6, 6.07) is 0. The van der Waals surface area contributed by atoms with Gasteiger partial charge in [-0.3, -0.25) is 18.6 Å². The van der Waals surface area contributed by atoms with Crippen molar-refractivity contribution in [2.24, 2.45) is 5.73 Å². The highest BCUT2D eigenvalue weighted by atomic mass is 31.2. The maximum absolute atomic E-state index is 12.6. The molecule has 0 aromatic heterocycles. The molecule has 0 amide bonds. The van der Waals surface area contributed by atoms with Crippen LogP contribution in [-0.4, -0.2) is 49.3 Å². The zero-order chi connectivity index (χ0) is 38.9. The highest BCUT2D eigenvalue weighted by molar-refractivity contribution is 7.47. The van der Waals surface area contributed by atoms with E-state index >= 15 is 0 Å². The smallest absolute Gasteiger partial charge is 0.462 e. The highest BCUT2D eigenvalue weighted by Crippen LogP contribution is 2.43. The number of allylic oxidation sites excluding steroid dienone is 2. The fraction of sp³-hybridized carbons (Fsp3) is 0.907. The lowest BCUT2D eigenvalue weighted by molar-refractivity contribution is -0.161. The molecule has 10 heteroatoms. The van der Waals surface area contributed by atoms with Crippen LogP contribution in [0.2, 0.25) is 0 Å². The van der Waals surface area contributed by atoms with E-state index in [1.54, 1.807) is 0 Å². The van der Waals surface area contributed by atoms with Gasteiger partial charge in [0, 0.05) is 19.4 Å². The first-order chi connectivity index (χ1) is 25.8. The highest BCUT2D eigenvalue weighted by Gasteiger charge is 2.26. The Hall–Kier alpha value is -1.25. The fourth-order valence-corrected chi connectivity index (χ4v) is 7.10. The summed E-state index contributed by atoms with van der Waals surface area (Å²) in [6.45, 7) is 3.74. The third kappa shape index (κ3) is 40.2. The quantitative estimate of drug-likeness (QED) is 0.0269. The number of nitrogens with two attached hydrogens (primary N) is 1. The maximum Gasteiger partial charge on any atom is 0.472 e. The molecule has 0 aliphatic carbocycles. The molecule has 0 aromatic rings. The Bertz CT molecular complexity index is 886. The largest absolute Gasteiger partial charge is 0.472 e. The van der Waals surface area contributed by atoms with Crippen LogP contribution in [-0.2, 0) is 32.7 Å². The van der Waals surface area contributed by atoms with Crippen LogP contribution in [0.5, 0.6) is 0 Å². The molecule has 0 radical (unpaired) electrons. The molecule has 0 aliphatic rings. The number of phosphoric ester groups is 1. The molecule has 2 atom stereocenters. The van der Waals surface area contributed by atoms with Gasteiger partial charge in [-0.05, 0) is 38.5 Å². The van der Waals surface area contributed by atoms with Crippen molar-refractivity contribution < 1.29 is 37.6 Å². The average Bonchev–Trinajstić information content (AvgIpc) is 3.14. The van der Waals surface area contributed by atoms with Crippen molar-refractivity contribution in [2.45, 2.75) is 225 Å². The monoisotopic (exact) mass is 774 g/mol. The third-order valence-electron chi connectivity index (χ3n) is 9.65. The lowest BCUT2D eigenvalue weighted by Crippen LogP contribution is -2.29. The van der Waals surface area contributed by atoms with E-state index in [1.165, 1.54) is 154 Å². The molecule has 0 aliphatic heterocycles. The third-order valence-corrected chi connectivity index (χ3v) is 10.6. The Balaban J connectivity index is 4.05. The SMILES string of the molecule is CCCCCCCCC=CCCCCCCCCCCCCCC(=O)OC(COC(=O)CCCCCCCCCCCCC)COP(=O)(O)OCCN. The number of carbonyl (C=O) groups is 2. The van der Waals surface area contributed by atoms with E-state index < -0.39 is 26.5 Å². The molecule has 9 nitrogen and oxygen atoms in total. The molecule has 0 saturated carbocycles. The topological polar surface area (TPSA) is 134 Å². The molecule has 0 aromatic carbocycles. The first kappa shape index (κ1) is 51.8. The molecule has 0 heterocycles. The standard InChI is InChI=1S/C43H84NO8P/c1-3-5-7-9-11-13-15-16-17-18-19-20-21-22-23-24-26-28-30-32-34-36-43(46)52-41(40-51-53(47,48)50-38-37-44)39-49-42(45)35-33-31-29-27-25-14-12-10-8-6-4-2/h16-17,41H,3-15,18-40,44H2,1-2H3,(H,47,48). The minimum absolute atomic E-state index is 0.0562. The molecule has 0 rings (SSSR count). The van der Waals surface area contributed by atoms with E-state index in [1.807, 2.05) is 0 Å². The van der Waals surface area contributed by atoms with Gasteiger partial charge in [0.15, 0.2) is 6.10 Å². The zero-order valence-electron chi connectivity index (χ0n) is 34.5. The van der Waals surface area contributed by atoms with Gasteiger partial charge in [-0.2, -0.15) is 0 Å². The number of ether oxygens (including phenoxy) is 2. The Morgan fingerprint density at radius 3 is 1.34 bits per heavy atom. The van der Waals surface area contributed by atoms with Gasteiger partial charge in [0.1, 0.15) is 6.61 Å². The molecule has 0 spiro atoms. The van der Waals surface area contributed by atoms with Crippen molar-refractivity contribution in [2.75, 3.05) is 26.4 Å². The van der Waals surface area contributed by atoms with Crippen LogP contribution in [0, 0.1) is 0 Å². The lowest BCUT2D eigenvalue weighted by atomic mass is 10.0. The van der Waals surface area contributed by atoms with E-state index in [-0.39, 0.29) is 38.6 Å². The summed E-state index contributed by atoms with van der Waals surface area (Å²) in [7, 11) is -4.37. The first-order valence-electron chi connectivity index (χ1n) is 22.2. The molecule has 3 N–H and O–H groups in total. The van der Waals surface area contributed by atoms with Crippen LogP contribution in [0.4, 0.5) is 0 Å². The summed E-state index contributed by atoms with van der Waals surface area (Å²) in [6.07, 6.45) is 41.0. The van der Waals surface area contributed by atoms with Crippen LogP contribution in [0.1, 0.15) is 219 Å². The van der Waals surface area contributed by atoms with Crippen LogP contribution >= 0.6 is 7.82 Å². The molecular weight excluding hydrogens is 689 g/mol. The zero-order valence-corrected chi connectivity index (χ0v) is 35.4. The summed E-state index contributed by atoms with van der Waals surface area (Å²) in [4.78, 5) is 34.8. The van der Waals surface area contributed by atoms with Gasteiger partial charge >= 0.3 is 19.8 Å². The van der Waals surface area contributed by atoms with Gasteiger partial charge in [-0.15, -0.1) is 0 Å². The van der Waals surface area contributed by atoms with Crippen molar-refractivity contribution in [3.63, 3.8) is 0 Å². The normalized spacial score (nSPS) is 13.4. The number of esters is 2. The van der Waals surface area contributed by atoms with Gasteiger partial charge in [0.25, 0.3) is 0 Å². The predicted octanol–water partition coefficient (Wildman–Crippen LogP) is 12.6. The second-order valence-corrected chi connectivity index (χ2v) is 16.4. The van der Waals surface area contributed by atoms with Crippen molar-refractivity contribution >= 4 is 19.8 Å². The van der Waals surface area contributed by atoms with E-state index in [0.29, 0.717) is 6.42 Å². The number of rotatable bonds is 42. The fourth-order valence-electron chi connectivity index (χ4n) is 6.34. The van der Waals surface area contributed by atoms with Crippen LogP contribution in [0.15, 0.2) is 12.2 Å². The van der Waals surface area contributed by atoms with Gasteiger partial charge in [-0.1, -0.05) is 180 Å². The minimum Gasteiger partial charge on any atom is -0.462 e. The predicted molar refractivity (Wildman–Crippen MR) is 220 cm³/mol. The molecule has 0 fully saturated rings. The van der Waals surface area contributed by atoms with Crippen molar-refractivity contribution in [1.82, 2.24) is 0 Å². The number of carbonyl (C=O) groups excluding carboxylic acids is 2. The van der Waals surface area contributed by atoms with E-state index in [2.05, 4.69) is 26.0 Å². The maximum atomic E-state index is 12.6. The van der Waals surface area contributed by atoms with Crippen LogP contribution < -0.4 is 5.73 Å². The average molecular weight is 774 g/mol. The summed E-state index contributed by atoms with van der Waals surface area (Å²) in [5.74, 6) is -0.820. The number of phosphoric acid groups is 1. The van der Waals surface area contributed by atoms with Crippen molar-refractivity contribution in [1.29, 1.82) is 0 Å². The van der Waals surface area contributed by atoms with Crippen molar-refractivity contribution in [3.8, 4) is 0 Å². The number of unbranched alkanes of at least 4 members (excludes halogenated alkanes) is 27. The Morgan fingerprint density at radius 1 is 0.547 bits per heavy atom. The second kappa shape index (κ2) is 40.4. The van der Waals surface area contributed by atoms with E-state index in [4.69, 9.17) is 24.3 Å². The molecule has 2 unspecified atom stereocenters. The number of hydrogen-bond acceptors (Lipinski definition) is 8. The van der Waals surface area contributed by atoms with E-state index in [0.717, 1.165) is 32.1 Å². The van der Waals surface area contributed by atoms with Crippen LogP contribution in [0.25, 0.3) is 0 Å². The Morgan fingerprint density at radius 2 is 0.925 bits per heavy atom. The minimum atomic E-state index is -4.37. The molecule has 53 heavy (non-hydrogen) atoms. The van der Waals surface area contributed by atoms with Gasteiger partial charge in [0.05, 0.1) is 13.2 Å². The molecule has 0 saturated heterocycles. The summed E-state index contributed by atoms with van der Waals surface area (Å²) >= 11 is 0. The van der Waals surface area contributed by atoms with E-state index in [9.17, 15) is 19.0 Å². The van der Waals surface area contributed by atoms with Crippen molar-refractivity contribution in [3.05, 3.63) is 12.2 Å². The Kier molecular flexibility index (Phi) is 39.5. The number of hydrogen-bond donors (Lipinski definition) is 2. The second-order valence-electron chi connectivity index (χ2n) is 14.9. The summed E-state index contributed by atoms with van der Waals surface area (Å²) in [5, 5.41) is 0. The van der Waals surface area contributed by atoms with Gasteiger partial charge in [-0.25, -0.2) is 4.57 Å². The molecule has 0 bridgehead atoms. The van der Waals surface area contributed by atoms with Crippen LogP contribution in [0.3, 0.4) is 0 Å². The summed E-state index contributed by atoms with van der Waals surface area (Å²) in [5.41, 5.74) is 5.34. The molecular formula is C43H84NO8P. The lowest BCUT2D eigenvalue weighted by Gasteiger charge is -2.19. The molecule has 314 valence electrons. The Labute approximate surface area is 326 Å². The summed E-state index contributed by atoms with van der Waals surface area (Å²) < 4.78 is 32.8.